The number of hydrogen-bond acceptors (Lipinski definition) is 2. The fourth-order valence-electron chi connectivity index (χ4n) is 1.80. The highest BCUT2D eigenvalue weighted by Gasteiger charge is 2.19. The van der Waals surface area contributed by atoms with Gasteiger partial charge < -0.3 is 10.6 Å². The molecule has 2 rings (SSSR count). The Morgan fingerprint density at radius 1 is 1.29 bits per heavy atom. The Hall–Kier alpha value is -0.900. The molecule has 3 nitrogen and oxygen atoms in total. The molecular weight excluding hydrogens is 178 g/mol. The highest BCUT2D eigenvalue weighted by molar-refractivity contribution is 5.14. The van der Waals surface area contributed by atoms with E-state index in [4.69, 9.17) is 0 Å². The SMILES string of the molecule is O.O[C@@H]1CCN(Cc2ccccc2)C1. The summed E-state index contributed by atoms with van der Waals surface area (Å²) < 4.78 is 0. The largest absolute Gasteiger partial charge is 0.412 e. The van der Waals surface area contributed by atoms with Crippen molar-refractivity contribution in [1.29, 1.82) is 0 Å². The number of rotatable bonds is 2. The molecule has 0 radical (unpaired) electrons. The van der Waals surface area contributed by atoms with Crippen LogP contribution in [0.2, 0.25) is 0 Å². The van der Waals surface area contributed by atoms with Gasteiger partial charge in [0.25, 0.3) is 0 Å². The van der Waals surface area contributed by atoms with Gasteiger partial charge in [-0.3, -0.25) is 4.90 Å². The molecule has 1 aliphatic heterocycles. The van der Waals surface area contributed by atoms with Gasteiger partial charge in [-0.2, -0.15) is 0 Å². The van der Waals surface area contributed by atoms with Gasteiger partial charge in [0, 0.05) is 19.6 Å². The third kappa shape index (κ3) is 2.80. The summed E-state index contributed by atoms with van der Waals surface area (Å²) in [6.07, 6.45) is 0.816. The van der Waals surface area contributed by atoms with E-state index >= 15 is 0 Å². The number of aliphatic hydroxyl groups is 1. The first-order valence-electron chi connectivity index (χ1n) is 4.79. The summed E-state index contributed by atoms with van der Waals surface area (Å²) >= 11 is 0. The van der Waals surface area contributed by atoms with Crippen molar-refractivity contribution in [3.63, 3.8) is 0 Å². The van der Waals surface area contributed by atoms with E-state index in [1.165, 1.54) is 5.56 Å². The van der Waals surface area contributed by atoms with Crippen LogP contribution in [0.1, 0.15) is 12.0 Å². The maximum absolute atomic E-state index is 9.34. The maximum atomic E-state index is 9.34. The van der Waals surface area contributed by atoms with E-state index in [2.05, 4.69) is 29.2 Å². The quantitative estimate of drug-likeness (QED) is 0.744. The van der Waals surface area contributed by atoms with E-state index in [0.717, 1.165) is 26.1 Å². The lowest BCUT2D eigenvalue weighted by molar-refractivity contribution is 0.175. The van der Waals surface area contributed by atoms with Crippen molar-refractivity contribution in [1.82, 2.24) is 4.90 Å². The molecule has 3 N–H and O–H groups in total. The highest BCUT2D eigenvalue weighted by atomic mass is 16.3. The first kappa shape index (κ1) is 11.2. The molecule has 1 atom stereocenters. The van der Waals surface area contributed by atoms with Crippen LogP contribution in [-0.4, -0.2) is 34.7 Å². The molecule has 1 heterocycles. The number of nitrogens with zero attached hydrogens (tertiary/aromatic N) is 1. The van der Waals surface area contributed by atoms with Crippen molar-refractivity contribution in [2.24, 2.45) is 0 Å². The van der Waals surface area contributed by atoms with Crippen molar-refractivity contribution in [2.75, 3.05) is 13.1 Å². The summed E-state index contributed by atoms with van der Waals surface area (Å²) in [5.41, 5.74) is 1.33. The van der Waals surface area contributed by atoms with Gasteiger partial charge in [0.1, 0.15) is 0 Å². The van der Waals surface area contributed by atoms with E-state index < -0.39 is 0 Å². The molecule has 0 bridgehead atoms. The van der Waals surface area contributed by atoms with E-state index in [1.807, 2.05) is 6.07 Å². The second-order valence-electron chi connectivity index (χ2n) is 3.66. The van der Waals surface area contributed by atoms with Gasteiger partial charge in [-0.1, -0.05) is 30.3 Å². The molecular formula is C11H17NO2. The Labute approximate surface area is 84.3 Å². The predicted octanol–water partition coefficient (Wildman–Crippen LogP) is 0.429. The zero-order valence-electron chi connectivity index (χ0n) is 8.19. The zero-order chi connectivity index (χ0) is 9.10. The average Bonchev–Trinajstić information content (AvgIpc) is 2.53. The molecule has 1 fully saturated rings. The minimum absolute atomic E-state index is 0. The first-order chi connectivity index (χ1) is 6.34. The number of benzene rings is 1. The Bertz CT molecular complexity index is 263. The smallest absolute Gasteiger partial charge is 0.0679 e. The fraction of sp³-hybridized carbons (Fsp3) is 0.455. The first-order valence-corrected chi connectivity index (χ1v) is 4.79. The van der Waals surface area contributed by atoms with Crippen LogP contribution < -0.4 is 0 Å². The Morgan fingerprint density at radius 2 is 2.00 bits per heavy atom. The molecule has 0 amide bonds. The Kier molecular flexibility index (Phi) is 4.07. The summed E-state index contributed by atoms with van der Waals surface area (Å²) in [4.78, 5) is 2.29. The van der Waals surface area contributed by atoms with Gasteiger partial charge in [0.2, 0.25) is 0 Å². The third-order valence-electron chi connectivity index (χ3n) is 2.50. The van der Waals surface area contributed by atoms with Gasteiger partial charge in [-0.15, -0.1) is 0 Å². The number of β-amino-alcohol motifs (C(OH)–C–C–N with tert-alkyl or cyclic N) is 1. The lowest BCUT2D eigenvalue weighted by Crippen LogP contribution is -2.21. The number of aliphatic hydroxyl groups excluding tert-OH is 1. The minimum atomic E-state index is -0.108. The average molecular weight is 195 g/mol. The molecule has 3 heteroatoms. The van der Waals surface area contributed by atoms with Crippen molar-refractivity contribution in [3.8, 4) is 0 Å². The number of hydrogen-bond donors (Lipinski definition) is 1. The van der Waals surface area contributed by atoms with Gasteiger partial charge >= 0.3 is 0 Å². The molecule has 1 saturated heterocycles. The molecule has 78 valence electrons. The second kappa shape index (κ2) is 5.10. The maximum Gasteiger partial charge on any atom is 0.0679 e. The van der Waals surface area contributed by atoms with Gasteiger partial charge in [0.15, 0.2) is 0 Å². The second-order valence-corrected chi connectivity index (χ2v) is 3.66. The summed E-state index contributed by atoms with van der Waals surface area (Å²) in [7, 11) is 0. The molecule has 1 aromatic rings. The van der Waals surface area contributed by atoms with Gasteiger partial charge in [-0.25, -0.2) is 0 Å². The lowest BCUT2D eigenvalue weighted by atomic mass is 10.2. The van der Waals surface area contributed by atoms with Crippen LogP contribution in [0.25, 0.3) is 0 Å². The van der Waals surface area contributed by atoms with Crippen molar-refractivity contribution >= 4 is 0 Å². The van der Waals surface area contributed by atoms with Crippen LogP contribution in [0.3, 0.4) is 0 Å². The van der Waals surface area contributed by atoms with Crippen molar-refractivity contribution < 1.29 is 10.6 Å². The molecule has 0 spiro atoms. The molecule has 14 heavy (non-hydrogen) atoms. The van der Waals surface area contributed by atoms with Gasteiger partial charge in [0.05, 0.1) is 6.10 Å². The summed E-state index contributed by atoms with van der Waals surface area (Å²) in [6, 6.07) is 10.4. The molecule has 0 saturated carbocycles. The van der Waals surface area contributed by atoms with Gasteiger partial charge in [-0.05, 0) is 12.0 Å². The van der Waals surface area contributed by atoms with Crippen LogP contribution >= 0.6 is 0 Å². The zero-order valence-corrected chi connectivity index (χ0v) is 8.19. The Morgan fingerprint density at radius 3 is 2.57 bits per heavy atom. The van der Waals surface area contributed by atoms with Crippen molar-refractivity contribution in [3.05, 3.63) is 35.9 Å². The topological polar surface area (TPSA) is 55.0 Å². The summed E-state index contributed by atoms with van der Waals surface area (Å²) in [5.74, 6) is 0. The van der Waals surface area contributed by atoms with Crippen molar-refractivity contribution in [2.45, 2.75) is 19.1 Å². The molecule has 1 aromatic carbocycles. The van der Waals surface area contributed by atoms with Crippen LogP contribution in [0, 0.1) is 0 Å². The van der Waals surface area contributed by atoms with Crippen LogP contribution in [0.15, 0.2) is 30.3 Å². The highest BCUT2D eigenvalue weighted by Crippen LogP contribution is 2.12. The monoisotopic (exact) mass is 195 g/mol. The molecule has 0 aromatic heterocycles. The predicted molar refractivity (Wildman–Crippen MR) is 56.0 cm³/mol. The lowest BCUT2D eigenvalue weighted by Gasteiger charge is -2.14. The standard InChI is InChI=1S/C11H15NO.H2O/c13-11-6-7-12(9-11)8-10-4-2-1-3-5-10;/h1-5,11,13H,6-9H2;1H2/t11-;/m1./s1. The summed E-state index contributed by atoms with van der Waals surface area (Å²) in [6.45, 7) is 2.82. The fourth-order valence-corrected chi connectivity index (χ4v) is 1.80. The summed E-state index contributed by atoms with van der Waals surface area (Å²) in [5, 5.41) is 9.34. The van der Waals surface area contributed by atoms with E-state index in [0.29, 0.717) is 0 Å². The normalized spacial score (nSPS) is 21.9. The molecule has 1 aliphatic rings. The van der Waals surface area contributed by atoms with E-state index in [-0.39, 0.29) is 11.6 Å². The molecule has 0 aliphatic carbocycles. The number of likely N-dealkylation sites (tertiary alicyclic amines) is 1. The van der Waals surface area contributed by atoms with Crippen LogP contribution in [-0.2, 0) is 6.54 Å². The minimum Gasteiger partial charge on any atom is -0.412 e. The molecule has 0 unspecified atom stereocenters. The third-order valence-corrected chi connectivity index (χ3v) is 2.50. The van der Waals surface area contributed by atoms with E-state index in [9.17, 15) is 5.11 Å². The van der Waals surface area contributed by atoms with Crippen LogP contribution in [0.5, 0.6) is 0 Å². The Balaban J connectivity index is 0.000000980. The van der Waals surface area contributed by atoms with Crippen LogP contribution in [0.4, 0.5) is 0 Å². The van der Waals surface area contributed by atoms with E-state index in [1.54, 1.807) is 0 Å².